The van der Waals surface area contributed by atoms with E-state index in [9.17, 15) is 4.79 Å². The maximum Gasteiger partial charge on any atom is 0.319 e. The summed E-state index contributed by atoms with van der Waals surface area (Å²) in [6, 6.07) is 11.9. The lowest BCUT2D eigenvalue weighted by atomic mass is 10.0. The number of nitrogens with zero attached hydrogens (tertiary/aromatic N) is 1. The Morgan fingerprint density at radius 3 is 2.92 bits per heavy atom. The molecule has 1 aliphatic heterocycles. The van der Waals surface area contributed by atoms with Crippen LogP contribution >= 0.6 is 0 Å². The van der Waals surface area contributed by atoms with E-state index in [1.807, 2.05) is 24.3 Å². The van der Waals surface area contributed by atoms with Crippen LogP contribution in [-0.4, -0.2) is 24.1 Å². The van der Waals surface area contributed by atoms with Gasteiger partial charge in [0.15, 0.2) is 0 Å². The molecule has 5 heteroatoms. The van der Waals surface area contributed by atoms with Crippen LogP contribution in [0, 0.1) is 0 Å². The van der Waals surface area contributed by atoms with Crippen molar-refractivity contribution in [2.24, 2.45) is 0 Å². The molecule has 25 heavy (non-hydrogen) atoms. The Labute approximate surface area is 149 Å². The molecule has 0 saturated heterocycles. The predicted octanol–water partition coefficient (Wildman–Crippen LogP) is 3.93. The van der Waals surface area contributed by atoms with E-state index in [-0.39, 0.29) is 6.03 Å². The molecule has 0 bridgehead atoms. The van der Waals surface area contributed by atoms with Gasteiger partial charge in [0.25, 0.3) is 0 Å². The summed E-state index contributed by atoms with van der Waals surface area (Å²) in [5.74, 6) is 1.36. The minimum Gasteiger partial charge on any atom is -0.370 e. The largest absolute Gasteiger partial charge is 0.370 e. The Hall–Kier alpha value is -2.56. The van der Waals surface area contributed by atoms with E-state index < -0.39 is 0 Å². The van der Waals surface area contributed by atoms with Gasteiger partial charge in [-0.25, -0.2) is 9.78 Å². The number of amides is 2. The Morgan fingerprint density at radius 1 is 1.24 bits per heavy atom. The van der Waals surface area contributed by atoms with Gasteiger partial charge in [0.2, 0.25) is 0 Å². The van der Waals surface area contributed by atoms with E-state index in [4.69, 9.17) is 0 Å². The van der Waals surface area contributed by atoms with Crippen molar-refractivity contribution in [2.75, 3.05) is 23.7 Å². The van der Waals surface area contributed by atoms with Gasteiger partial charge in [0, 0.05) is 30.9 Å². The van der Waals surface area contributed by atoms with Gasteiger partial charge in [0.1, 0.15) is 5.82 Å². The molecule has 0 spiro atoms. The van der Waals surface area contributed by atoms with Crippen molar-refractivity contribution >= 4 is 17.5 Å². The van der Waals surface area contributed by atoms with Crippen molar-refractivity contribution < 1.29 is 4.79 Å². The lowest BCUT2D eigenvalue weighted by Gasteiger charge is -2.17. The number of nitrogens with one attached hydrogen (secondary N) is 3. The SMILES string of the molecule is CC(C)c1ccccc1NC(=O)NCCc1ccc2c(n1)NCCC2. The molecular weight excluding hydrogens is 312 g/mol. The van der Waals surface area contributed by atoms with Crippen molar-refractivity contribution in [1.82, 2.24) is 10.3 Å². The molecule has 0 saturated carbocycles. The minimum atomic E-state index is -0.177. The van der Waals surface area contributed by atoms with Gasteiger partial charge in [-0.3, -0.25) is 0 Å². The van der Waals surface area contributed by atoms with Crippen LogP contribution in [0.4, 0.5) is 16.3 Å². The normalized spacial score (nSPS) is 13.1. The molecular formula is C20H26N4O. The fourth-order valence-corrected chi connectivity index (χ4v) is 3.09. The Morgan fingerprint density at radius 2 is 2.08 bits per heavy atom. The summed E-state index contributed by atoms with van der Waals surface area (Å²) in [5.41, 5.74) is 4.29. The molecule has 2 amide bonds. The summed E-state index contributed by atoms with van der Waals surface area (Å²) >= 11 is 0. The molecule has 1 aliphatic rings. The number of aryl methyl sites for hydroxylation is 1. The maximum absolute atomic E-state index is 12.2. The molecule has 0 radical (unpaired) electrons. The fraction of sp³-hybridized carbons (Fsp3) is 0.400. The summed E-state index contributed by atoms with van der Waals surface area (Å²) in [7, 11) is 0. The standard InChI is InChI=1S/C20H26N4O/c1-14(2)17-7-3-4-8-18(17)24-20(25)22-13-11-16-10-9-15-6-5-12-21-19(15)23-16/h3-4,7-10,14H,5-6,11-13H2,1-2H3,(H,21,23)(H2,22,24,25). The van der Waals surface area contributed by atoms with Gasteiger partial charge in [-0.2, -0.15) is 0 Å². The predicted molar refractivity (Wildman–Crippen MR) is 102 cm³/mol. The maximum atomic E-state index is 12.2. The highest BCUT2D eigenvalue weighted by molar-refractivity contribution is 5.90. The monoisotopic (exact) mass is 338 g/mol. The number of aromatic nitrogens is 1. The number of urea groups is 1. The van der Waals surface area contributed by atoms with Crippen LogP contribution in [0.3, 0.4) is 0 Å². The van der Waals surface area contributed by atoms with Crippen LogP contribution in [-0.2, 0) is 12.8 Å². The third kappa shape index (κ3) is 4.50. The van der Waals surface area contributed by atoms with Crippen molar-refractivity contribution in [2.45, 2.75) is 39.0 Å². The van der Waals surface area contributed by atoms with E-state index in [1.54, 1.807) is 0 Å². The van der Waals surface area contributed by atoms with Crippen molar-refractivity contribution in [3.8, 4) is 0 Å². The number of rotatable bonds is 5. The zero-order valence-corrected chi connectivity index (χ0v) is 14.9. The first-order valence-electron chi connectivity index (χ1n) is 9.00. The van der Waals surface area contributed by atoms with Crippen LogP contribution in [0.15, 0.2) is 36.4 Å². The molecule has 0 atom stereocenters. The molecule has 132 valence electrons. The number of carbonyl (C=O) groups excluding carboxylic acids is 1. The van der Waals surface area contributed by atoms with Gasteiger partial charge in [-0.1, -0.05) is 38.1 Å². The highest BCUT2D eigenvalue weighted by atomic mass is 16.2. The summed E-state index contributed by atoms with van der Waals surface area (Å²) in [4.78, 5) is 16.8. The highest BCUT2D eigenvalue weighted by Gasteiger charge is 2.11. The zero-order valence-electron chi connectivity index (χ0n) is 14.9. The van der Waals surface area contributed by atoms with Gasteiger partial charge < -0.3 is 16.0 Å². The van der Waals surface area contributed by atoms with E-state index in [1.165, 1.54) is 5.56 Å². The second-order valence-electron chi connectivity index (χ2n) is 6.71. The van der Waals surface area contributed by atoms with Gasteiger partial charge in [-0.15, -0.1) is 0 Å². The van der Waals surface area contributed by atoms with Crippen molar-refractivity contribution in [1.29, 1.82) is 0 Å². The number of fused-ring (bicyclic) bond motifs is 1. The van der Waals surface area contributed by atoms with Gasteiger partial charge >= 0.3 is 6.03 Å². The number of para-hydroxylation sites is 1. The number of pyridine rings is 1. The summed E-state index contributed by atoms with van der Waals surface area (Å²) < 4.78 is 0. The molecule has 5 nitrogen and oxygen atoms in total. The average Bonchev–Trinajstić information content (AvgIpc) is 2.62. The number of anilines is 2. The smallest absolute Gasteiger partial charge is 0.319 e. The van der Waals surface area contributed by atoms with Crippen LogP contribution in [0.5, 0.6) is 0 Å². The molecule has 3 rings (SSSR count). The van der Waals surface area contributed by atoms with E-state index in [0.717, 1.165) is 42.1 Å². The zero-order chi connectivity index (χ0) is 17.6. The first-order chi connectivity index (χ1) is 12.1. The Balaban J connectivity index is 1.51. The second-order valence-corrected chi connectivity index (χ2v) is 6.71. The summed E-state index contributed by atoms with van der Waals surface area (Å²) in [6.45, 7) is 5.78. The van der Waals surface area contributed by atoms with Gasteiger partial charge in [-0.05, 0) is 42.0 Å². The molecule has 2 aromatic rings. The minimum absolute atomic E-state index is 0.177. The Kier molecular flexibility index (Phi) is 5.53. The molecule has 1 aromatic carbocycles. The lowest BCUT2D eigenvalue weighted by molar-refractivity contribution is 0.252. The molecule has 0 unspecified atom stereocenters. The first-order valence-corrected chi connectivity index (χ1v) is 9.00. The van der Waals surface area contributed by atoms with E-state index in [2.05, 4.69) is 46.9 Å². The third-order valence-corrected chi connectivity index (χ3v) is 4.45. The molecule has 0 aliphatic carbocycles. The summed E-state index contributed by atoms with van der Waals surface area (Å²) in [6.07, 6.45) is 2.97. The topological polar surface area (TPSA) is 66.0 Å². The van der Waals surface area contributed by atoms with Crippen LogP contribution < -0.4 is 16.0 Å². The molecule has 3 N–H and O–H groups in total. The lowest BCUT2D eigenvalue weighted by Crippen LogP contribution is -2.31. The van der Waals surface area contributed by atoms with Crippen LogP contribution in [0.1, 0.15) is 43.0 Å². The summed E-state index contributed by atoms with van der Waals surface area (Å²) in [5, 5.41) is 9.20. The molecule has 1 aromatic heterocycles. The number of hydrogen-bond donors (Lipinski definition) is 3. The fourth-order valence-electron chi connectivity index (χ4n) is 3.09. The van der Waals surface area contributed by atoms with Gasteiger partial charge in [0.05, 0.1) is 0 Å². The number of carbonyl (C=O) groups is 1. The van der Waals surface area contributed by atoms with Crippen molar-refractivity contribution in [3.63, 3.8) is 0 Å². The van der Waals surface area contributed by atoms with Crippen LogP contribution in [0.25, 0.3) is 0 Å². The number of hydrogen-bond acceptors (Lipinski definition) is 3. The van der Waals surface area contributed by atoms with Crippen LogP contribution in [0.2, 0.25) is 0 Å². The number of benzene rings is 1. The quantitative estimate of drug-likeness (QED) is 0.774. The molecule has 0 fully saturated rings. The van der Waals surface area contributed by atoms with E-state index >= 15 is 0 Å². The first kappa shape index (κ1) is 17.3. The van der Waals surface area contributed by atoms with Crippen molar-refractivity contribution in [3.05, 3.63) is 53.2 Å². The highest BCUT2D eigenvalue weighted by Crippen LogP contribution is 2.23. The molecule has 2 heterocycles. The third-order valence-electron chi connectivity index (χ3n) is 4.45. The Bertz CT molecular complexity index is 742. The van der Waals surface area contributed by atoms with E-state index in [0.29, 0.717) is 18.9 Å². The second kappa shape index (κ2) is 8.01. The average molecular weight is 338 g/mol.